The molecule has 0 bridgehead atoms. The van der Waals surface area contributed by atoms with Crippen molar-refractivity contribution in [2.24, 2.45) is 0 Å². The lowest BCUT2D eigenvalue weighted by atomic mass is 9.97. The Morgan fingerprint density at radius 2 is 2.10 bits per heavy atom. The highest BCUT2D eigenvalue weighted by Gasteiger charge is 2.25. The summed E-state index contributed by atoms with van der Waals surface area (Å²) in [5.41, 5.74) is 2.47. The molecule has 8 heteroatoms. The van der Waals surface area contributed by atoms with Crippen molar-refractivity contribution in [1.29, 1.82) is 0 Å². The van der Waals surface area contributed by atoms with Gasteiger partial charge in [-0.05, 0) is 51.0 Å². The van der Waals surface area contributed by atoms with Gasteiger partial charge in [0.2, 0.25) is 6.41 Å². The molecule has 2 aliphatic rings. The summed E-state index contributed by atoms with van der Waals surface area (Å²) in [5, 5.41) is 4.43. The molecule has 2 aromatic heterocycles. The highest BCUT2D eigenvalue weighted by atomic mass is 32.1. The van der Waals surface area contributed by atoms with E-state index in [0.29, 0.717) is 26.2 Å². The third-order valence-corrected chi connectivity index (χ3v) is 7.20. The second-order valence-corrected chi connectivity index (χ2v) is 9.03. The lowest BCUT2D eigenvalue weighted by Crippen LogP contribution is -2.34. The van der Waals surface area contributed by atoms with Gasteiger partial charge in [-0.25, -0.2) is 9.97 Å². The van der Waals surface area contributed by atoms with E-state index >= 15 is 0 Å². The average molecular weight is 428 g/mol. The van der Waals surface area contributed by atoms with Crippen molar-refractivity contribution >= 4 is 39.7 Å². The van der Waals surface area contributed by atoms with Crippen molar-refractivity contribution in [3.63, 3.8) is 0 Å². The van der Waals surface area contributed by atoms with E-state index < -0.39 is 0 Å². The fraction of sp³-hybridized carbons (Fsp3) is 0.545. The molecule has 3 heterocycles. The molecule has 1 N–H and O–H groups in total. The molecule has 0 saturated carbocycles. The molecule has 160 valence electrons. The van der Waals surface area contributed by atoms with Crippen LogP contribution in [0.15, 0.2) is 18.0 Å². The number of allylic oxidation sites excluding steroid dienone is 1. The van der Waals surface area contributed by atoms with Crippen LogP contribution in [-0.2, 0) is 4.79 Å². The van der Waals surface area contributed by atoms with Crippen molar-refractivity contribution in [1.82, 2.24) is 19.8 Å². The van der Waals surface area contributed by atoms with Crippen LogP contribution in [0.3, 0.4) is 0 Å². The summed E-state index contributed by atoms with van der Waals surface area (Å²) in [6.45, 7) is 5.35. The molecule has 7 nitrogen and oxygen atoms in total. The molecule has 0 unspecified atom stereocenters. The van der Waals surface area contributed by atoms with Gasteiger partial charge in [-0.3, -0.25) is 9.59 Å². The quantitative estimate of drug-likeness (QED) is 0.563. The van der Waals surface area contributed by atoms with Gasteiger partial charge in [0.05, 0.1) is 10.3 Å². The maximum atomic E-state index is 13.2. The van der Waals surface area contributed by atoms with E-state index in [1.54, 1.807) is 11.2 Å². The maximum Gasteiger partial charge on any atom is 0.264 e. The predicted molar refractivity (Wildman–Crippen MR) is 120 cm³/mol. The minimum Gasteiger partial charge on any atom is -0.369 e. The Morgan fingerprint density at radius 3 is 2.90 bits per heavy atom. The van der Waals surface area contributed by atoms with Gasteiger partial charge in [0.15, 0.2) is 0 Å². The zero-order chi connectivity index (χ0) is 20.9. The number of hydrogen-bond donors (Lipinski definition) is 1. The third-order valence-electron chi connectivity index (χ3n) is 6.01. The Balaban J connectivity index is 1.50. The van der Waals surface area contributed by atoms with Crippen LogP contribution < -0.4 is 5.32 Å². The summed E-state index contributed by atoms with van der Waals surface area (Å²) in [6, 6.07) is 0. The standard InChI is InChI=1S/C22H29N5O2S/c1-16-18-20(23-9-8-17-6-3-2-4-7-17)24-14-25-21(18)30-19(16)22(29)27-11-5-10-26(15-28)12-13-27/h6,14-15H,2-5,7-13H2,1H3,(H,23,24,25). The molecule has 1 aliphatic carbocycles. The van der Waals surface area contributed by atoms with Gasteiger partial charge in [0.25, 0.3) is 5.91 Å². The minimum atomic E-state index is 0.0292. The summed E-state index contributed by atoms with van der Waals surface area (Å²) in [5.74, 6) is 0.841. The topological polar surface area (TPSA) is 78.4 Å². The zero-order valence-corrected chi connectivity index (χ0v) is 18.3. The number of carbonyl (C=O) groups is 2. The van der Waals surface area contributed by atoms with Crippen LogP contribution in [0.1, 0.15) is 53.8 Å². The normalized spacial score (nSPS) is 17.6. The summed E-state index contributed by atoms with van der Waals surface area (Å²) in [4.78, 5) is 38.3. The van der Waals surface area contributed by atoms with Crippen molar-refractivity contribution < 1.29 is 9.59 Å². The predicted octanol–water partition coefficient (Wildman–Crippen LogP) is 3.61. The van der Waals surface area contributed by atoms with Crippen LogP contribution >= 0.6 is 11.3 Å². The first-order valence-electron chi connectivity index (χ1n) is 10.8. The molecule has 2 aromatic rings. The van der Waals surface area contributed by atoms with Crippen LogP contribution in [0.5, 0.6) is 0 Å². The van der Waals surface area contributed by atoms with Crippen LogP contribution in [0, 0.1) is 6.92 Å². The van der Waals surface area contributed by atoms with Crippen molar-refractivity contribution in [2.75, 3.05) is 38.0 Å². The lowest BCUT2D eigenvalue weighted by molar-refractivity contribution is -0.118. The smallest absolute Gasteiger partial charge is 0.264 e. The number of rotatable bonds is 6. The number of aryl methyl sites for hydroxylation is 1. The largest absolute Gasteiger partial charge is 0.369 e. The summed E-state index contributed by atoms with van der Waals surface area (Å²) < 4.78 is 0. The van der Waals surface area contributed by atoms with Gasteiger partial charge < -0.3 is 15.1 Å². The van der Waals surface area contributed by atoms with Crippen molar-refractivity contribution in [3.05, 3.63) is 28.4 Å². The van der Waals surface area contributed by atoms with Gasteiger partial charge in [-0.2, -0.15) is 0 Å². The molecule has 1 fully saturated rings. The monoisotopic (exact) mass is 427 g/mol. The Hall–Kier alpha value is -2.48. The lowest BCUT2D eigenvalue weighted by Gasteiger charge is -2.20. The molecule has 2 amide bonds. The van der Waals surface area contributed by atoms with Crippen LogP contribution in [0.4, 0.5) is 5.82 Å². The van der Waals surface area contributed by atoms with E-state index in [9.17, 15) is 9.59 Å². The molecule has 0 atom stereocenters. The second kappa shape index (κ2) is 9.55. The van der Waals surface area contributed by atoms with Gasteiger partial charge >= 0.3 is 0 Å². The van der Waals surface area contributed by atoms with Gasteiger partial charge in [0.1, 0.15) is 17.0 Å². The molecular formula is C22H29N5O2S. The average Bonchev–Trinajstić information content (AvgIpc) is 2.96. The molecular weight excluding hydrogens is 398 g/mol. The summed E-state index contributed by atoms with van der Waals surface area (Å²) in [6.07, 6.45) is 11.6. The third kappa shape index (κ3) is 4.48. The fourth-order valence-electron chi connectivity index (χ4n) is 4.27. The first kappa shape index (κ1) is 20.8. The first-order valence-corrected chi connectivity index (χ1v) is 11.6. The molecule has 4 rings (SSSR count). The Bertz CT molecular complexity index is 954. The van der Waals surface area contributed by atoms with Gasteiger partial charge in [-0.15, -0.1) is 11.3 Å². The van der Waals surface area contributed by atoms with Gasteiger partial charge in [0, 0.05) is 32.7 Å². The molecule has 0 radical (unpaired) electrons. The molecule has 30 heavy (non-hydrogen) atoms. The van der Waals surface area contributed by atoms with Crippen LogP contribution in [0.2, 0.25) is 0 Å². The summed E-state index contributed by atoms with van der Waals surface area (Å²) >= 11 is 1.44. The molecule has 0 aromatic carbocycles. The number of aromatic nitrogens is 2. The number of nitrogens with zero attached hydrogens (tertiary/aromatic N) is 4. The van der Waals surface area contributed by atoms with Crippen molar-refractivity contribution in [3.8, 4) is 0 Å². The Labute approximate surface area is 181 Å². The highest BCUT2D eigenvalue weighted by Crippen LogP contribution is 2.34. The number of carbonyl (C=O) groups excluding carboxylic acids is 2. The molecule has 0 spiro atoms. The van der Waals surface area contributed by atoms with Crippen LogP contribution in [0.25, 0.3) is 10.2 Å². The SMILES string of the molecule is Cc1c(C(=O)N2CCCN(C=O)CC2)sc2ncnc(NCCC3=CCCCC3)c12. The van der Waals surface area contributed by atoms with E-state index in [0.717, 1.165) is 52.3 Å². The molecule has 1 saturated heterocycles. The first-order chi connectivity index (χ1) is 14.7. The number of amides is 2. The fourth-order valence-corrected chi connectivity index (χ4v) is 5.39. The van der Waals surface area contributed by atoms with Crippen molar-refractivity contribution in [2.45, 2.75) is 45.4 Å². The number of thiophene rings is 1. The van der Waals surface area contributed by atoms with E-state index in [1.807, 2.05) is 11.8 Å². The van der Waals surface area contributed by atoms with E-state index in [-0.39, 0.29) is 5.91 Å². The van der Waals surface area contributed by atoms with Crippen LogP contribution in [-0.4, -0.2) is 64.8 Å². The maximum absolute atomic E-state index is 13.2. The van der Waals surface area contributed by atoms with Gasteiger partial charge in [-0.1, -0.05) is 11.6 Å². The zero-order valence-electron chi connectivity index (χ0n) is 17.5. The Kier molecular flexibility index (Phi) is 6.62. The second-order valence-electron chi connectivity index (χ2n) is 8.03. The number of anilines is 1. The van der Waals surface area contributed by atoms with E-state index in [2.05, 4.69) is 21.4 Å². The molecule has 1 aliphatic heterocycles. The number of fused-ring (bicyclic) bond motifs is 1. The highest BCUT2D eigenvalue weighted by molar-refractivity contribution is 7.20. The number of nitrogens with one attached hydrogen (secondary N) is 1. The summed E-state index contributed by atoms with van der Waals surface area (Å²) in [7, 11) is 0. The minimum absolute atomic E-state index is 0.0292. The number of hydrogen-bond acceptors (Lipinski definition) is 6. The van der Waals surface area contributed by atoms with E-state index in [4.69, 9.17) is 0 Å². The van der Waals surface area contributed by atoms with E-state index in [1.165, 1.54) is 42.6 Å². The Morgan fingerprint density at radius 1 is 1.20 bits per heavy atom.